The highest BCUT2D eigenvalue weighted by Crippen LogP contribution is 2.36. The van der Waals surface area contributed by atoms with E-state index in [0.717, 1.165) is 0 Å². The molecule has 0 saturated carbocycles. The molecule has 26 heavy (non-hydrogen) atoms. The van der Waals surface area contributed by atoms with Gasteiger partial charge in [0, 0.05) is 6.54 Å². The first-order valence-corrected chi connectivity index (χ1v) is 8.41. The van der Waals surface area contributed by atoms with Gasteiger partial charge in [0.2, 0.25) is 0 Å². The van der Waals surface area contributed by atoms with E-state index in [2.05, 4.69) is 20.3 Å². The second-order valence-corrected chi connectivity index (χ2v) is 6.40. The Morgan fingerprint density at radius 2 is 2.12 bits per heavy atom. The molecule has 10 nitrogen and oxygen atoms in total. The smallest absolute Gasteiger partial charge is 0.199 e. The van der Waals surface area contributed by atoms with Crippen molar-refractivity contribution in [3.63, 3.8) is 0 Å². The van der Waals surface area contributed by atoms with Crippen LogP contribution >= 0.6 is 0 Å². The number of hydrogen-bond donors (Lipinski definition) is 3. The van der Waals surface area contributed by atoms with Gasteiger partial charge in [-0.1, -0.05) is 0 Å². The Bertz CT molecular complexity index is 911. The lowest BCUT2D eigenvalue weighted by Gasteiger charge is -2.18. The summed E-state index contributed by atoms with van der Waals surface area (Å²) in [6.45, 7) is 6.81. The Hall–Kier alpha value is -2.72. The Kier molecular flexibility index (Phi) is 4.79. The Morgan fingerprint density at radius 3 is 2.69 bits per heavy atom. The lowest BCUT2D eigenvalue weighted by atomic mass is 10.0. The number of nitrogens with two attached hydrogens (primary N) is 2. The number of imidazole rings is 1. The molecular formula is C16H23N7O3. The zero-order valence-corrected chi connectivity index (χ0v) is 15.1. The molecule has 3 aromatic rings. The van der Waals surface area contributed by atoms with E-state index < -0.39 is 5.60 Å². The predicted octanol–water partition coefficient (Wildman–Crippen LogP) is 1.04. The molecule has 0 radical (unpaired) electrons. The summed E-state index contributed by atoms with van der Waals surface area (Å²) < 4.78 is 12.5. The number of pyridine rings is 1. The normalized spacial score (nSPS) is 12.0. The molecule has 0 saturated heterocycles. The van der Waals surface area contributed by atoms with Crippen LogP contribution in [-0.2, 0) is 12.1 Å². The fourth-order valence-corrected chi connectivity index (χ4v) is 2.77. The quantitative estimate of drug-likeness (QED) is 0.524. The molecule has 0 bridgehead atoms. The van der Waals surface area contributed by atoms with Gasteiger partial charge in [0.1, 0.15) is 16.6 Å². The van der Waals surface area contributed by atoms with Crippen molar-refractivity contribution in [2.45, 2.75) is 39.3 Å². The van der Waals surface area contributed by atoms with Crippen LogP contribution in [0.1, 0.15) is 32.9 Å². The van der Waals surface area contributed by atoms with E-state index in [-0.39, 0.29) is 5.82 Å². The highest BCUT2D eigenvalue weighted by Gasteiger charge is 2.28. The van der Waals surface area contributed by atoms with E-state index >= 15 is 0 Å². The van der Waals surface area contributed by atoms with Gasteiger partial charge in [0.25, 0.3) is 0 Å². The van der Waals surface area contributed by atoms with Crippen LogP contribution in [0.3, 0.4) is 0 Å². The van der Waals surface area contributed by atoms with E-state index in [9.17, 15) is 5.11 Å². The summed E-state index contributed by atoms with van der Waals surface area (Å²) in [6.07, 6.45) is 2.30. The van der Waals surface area contributed by atoms with Gasteiger partial charge in [-0.2, -0.15) is 0 Å². The molecule has 10 heteroatoms. The van der Waals surface area contributed by atoms with Crippen LogP contribution in [0.2, 0.25) is 0 Å². The summed E-state index contributed by atoms with van der Waals surface area (Å²) in [7, 11) is 0. The van der Waals surface area contributed by atoms with Gasteiger partial charge in [0.15, 0.2) is 23.1 Å². The molecular weight excluding hydrogens is 338 g/mol. The molecule has 5 N–H and O–H groups in total. The molecule has 3 aromatic heterocycles. The third kappa shape index (κ3) is 3.08. The molecule has 0 aliphatic rings. The van der Waals surface area contributed by atoms with Crippen LogP contribution in [0.25, 0.3) is 22.6 Å². The number of aryl methyl sites for hydroxylation is 1. The van der Waals surface area contributed by atoms with E-state index in [1.54, 1.807) is 20.0 Å². The van der Waals surface area contributed by atoms with Crippen molar-refractivity contribution in [1.82, 2.24) is 24.8 Å². The van der Waals surface area contributed by atoms with Crippen LogP contribution in [-0.4, -0.2) is 43.1 Å². The summed E-state index contributed by atoms with van der Waals surface area (Å²) in [5, 5.41) is 18.0. The van der Waals surface area contributed by atoms with Crippen LogP contribution < -0.4 is 16.2 Å². The van der Waals surface area contributed by atoms with Crippen LogP contribution in [0.4, 0.5) is 5.82 Å². The summed E-state index contributed by atoms with van der Waals surface area (Å²) in [5.74, 6) is 1.17. The maximum atomic E-state index is 10.5. The Labute approximate surface area is 150 Å². The summed E-state index contributed by atoms with van der Waals surface area (Å²) in [4.78, 5) is 9.01. The molecule has 0 aliphatic carbocycles. The topological polar surface area (TPSA) is 151 Å². The van der Waals surface area contributed by atoms with Gasteiger partial charge < -0.3 is 25.9 Å². The van der Waals surface area contributed by atoms with Crippen molar-refractivity contribution in [3.05, 3.63) is 11.9 Å². The zero-order valence-electron chi connectivity index (χ0n) is 15.1. The number of nitrogen functional groups attached to an aromatic ring is 1. The number of hydrogen-bond acceptors (Lipinski definition) is 9. The lowest BCUT2D eigenvalue weighted by Crippen LogP contribution is -2.18. The average Bonchev–Trinajstić information content (AvgIpc) is 3.16. The molecule has 140 valence electrons. The first-order chi connectivity index (χ1) is 12.4. The summed E-state index contributed by atoms with van der Waals surface area (Å²) in [5.41, 5.74) is 12.2. The zero-order chi connectivity index (χ0) is 18.9. The predicted molar refractivity (Wildman–Crippen MR) is 95.3 cm³/mol. The number of ether oxygens (including phenoxy) is 1. The number of aliphatic hydroxyl groups is 1. The van der Waals surface area contributed by atoms with Crippen LogP contribution in [0.15, 0.2) is 10.8 Å². The minimum Gasteiger partial charge on any atom is -0.490 e. The van der Waals surface area contributed by atoms with Crippen molar-refractivity contribution in [1.29, 1.82) is 0 Å². The molecule has 3 rings (SSSR count). The van der Waals surface area contributed by atoms with E-state index in [4.69, 9.17) is 20.8 Å². The first-order valence-electron chi connectivity index (χ1n) is 8.41. The van der Waals surface area contributed by atoms with Gasteiger partial charge in [-0.25, -0.2) is 9.61 Å². The van der Waals surface area contributed by atoms with E-state index in [1.807, 2.05) is 11.5 Å². The fraction of sp³-hybridized carbons (Fsp3) is 0.500. The van der Waals surface area contributed by atoms with Crippen molar-refractivity contribution >= 4 is 16.9 Å². The number of nitrogens with zero attached hydrogens (tertiary/aromatic N) is 5. The molecule has 0 unspecified atom stereocenters. The molecule has 0 fully saturated rings. The molecule has 0 amide bonds. The monoisotopic (exact) mass is 361 g/mol. The minimum absolute atomic E-state index is 0.137. The minimum atomic E-state index is -1.19. The number of rotatable bonds is 7. The van der Waals surface area contributed by atoms with Crippen molar-refractivity contribution in [2.24, 2.45) is 5.73 Å². The molecule has 0 aromatic carbocycles. The molecule has 0 aliphatic heterocycles. The van der Waals surface area contributed by atoms with Crippen LogP contribution in [0, 0.1) is 0 Å². The standard InChI is InChI=1S/C16H23N7O3/c1-4-23-12-9(25-7-5-6-17)8-19-13(16(2,3)24)10(12)20-15(23)11-14(18)22-26-21-11/h8,24H,4-7,17H2,1-3H3,(H2,18,22). The maximum absolute atomic E-state index is 10.5. The first kappa shape index (κ1) is 18.1. The van der Waals surface area contributed by atoms with Gasteiger partial charge in [-0.15, -0.1) is 0 Å². The third-order valence-corrected chi connectivity index (χ3v) is 3.96. The molecule has 0 atom stereocenters. The largest absolute Gasteiger partial charge is 0.490 e. The van der Waals surface area contributed by atoms with E-state index in [1.165, 1.54) is 0 Å². The van der Waals surface area contributed by atoms with E-state index in [0.29, 0.717) is 60.1 Å². The van der Waals surface area contributed by atoms with Crippen molar-refractivity contribution < 1.29 is 14.5 Å². The van der Waals surface area contributed by atoms with Gasteiger partial charge in [-0.3, -0.25) is 4.98 Å². The SMILES string of the molecule is CCn1c(-c2nonc2N)nc2c(C(C)(C)O)ncc(OCCCN)c21. The second kappa shape index (κ2) is 6.89. The number of fused-ring (bicyclic) bond motifs is 1. The van der Waals surface area contributed by atoms with Gasteiger partial charge in [0.05, 0.1) is 18.5 Å². The lowest BCUT2D eigenvalue weighted by molar-refractivity contribution is 0.0753. The van der Waals surface area contributed by atoms with Gasteiger partial charge >= 0.3 is 0 Å². The summed E-state index contributed by atoms with van der Waals surface area (Å²) in [6, 6.07) is 0. The van der Waals surface area contributed by atoms with Crippen molar-refractivity contribution in [3.8, 4) is 17.3 Å². The van der Waals surface area contributed by atoms with Gasteiger partial charge in [-0.05, 0) is 44.1 Å². The maximum Gasteiger partial charge on any atom is 0.199 e. The van der Waals surface area contributed by atoms with Crippen molar-refractivity contribution in [2.75, 3.05) is 18.9 Å². The molecule has 0 spiro atoms. The Morgan fingerprint density at radius 1 is 1.35 bits per heavy atom. The highest BCUT2D eigenvalue weighted by molar-refractivity contribution is 5.88. The summed E-state index contributed by atoms with van der Waals surface area (Å²) >= 11 is 0. The second-order valence-electron chi connectivity index (χ2n) is 6.40. The Balaban J connectivity index is 2.28. The number of anilines is 1. The third-order valence-electron chi connectivity index (χ3n) is 3.96. The highest BCUT2D eigenvalue weighted by atomic mass is 16.6. The fourth-order valence-electron chi connectivity index (χ4n) is 2.77. The van der Waals surface area contributed by atoms with Crippen LogP contribution in [0.5, 0.6) is 5.75 Å². The number of aromatic nitrogens is 5. The molecule has 3 heterocycles. The average molecular weight is 361 g/mol.